The summed E-state index contributed by atoms with van der Waals surface area (Å²) in [5.74, 6) is 0.747. The molecule has 1 rings (SSSR count). The van der Waals surface area contributed by atoms with E-state index in [4.69, 9.17) is 5.73 Å². The first-order chi connectivity index (χ1) is 5.68. The second-order valence-corrected chi connectivity index (χ2v) is 2.75. The summed E-state index contributed by atoms with van der Waals surface area (Å²) in [6, 6.07) is 1.82. The largest absolute Gasteiger partial charge is 0.376 e. The van der Waals surface area contributed by atoms with Crippen LogP contribution >= 0.6 is 12.2 Å². The van der Waals surface area contributed by atoms with Crippen molar-refractivity contribution in [2.24, 2.45) is 5.73 Å². The van der Waals surface area contributed by atoms with Gasteiger partial charge in [-0.1, -0.05) is 0 Å². The Bertz CT molecular complexity index is 286. The van der Waals surface area contributed by atoms with Crippen LogP contribution in [0.1, 0.15) is 11.5 Å². The maximum Gasteiger partial charge on any atom is 0.163 e. The Kier molecular flexibility index (Phi) is 2.93. The number of aryl methyl sites for hydroxylation is 1. The standard InChI is InChI=1S/C7H10N4S/c1-5-9-3-2-6(11-5)4-10-7(8)12/h2-3H,4H2,1H3,(H3,8,10,12). The zero-order valence-corrected chi connectivity index (χ0v) is 7.56. The van der Waals surface area contributed by atoms with Gasteiger partial charge in [-0.05, 0) is 25.2 Å². The molecule has 3 N–H and O–H groups in total. The number of nitrogens with one attached hydrogen (secondary N) is 1. The van der Waals surface area contributed by atoms with E-state index in [-0.39, 0.29) is 5.11 Å². The molecule has 0 aliphatic rings. The molecule has 1 aromatic heterocycles. The van der Waals surface area contributed by atoms with Gasteiger partial charge in [0.15, 0.2) is 5.11 Å². The molecule has 0 spiro atoms. The van der Waals surface area contributed by atoms with Crippen molar-refractivity contribution in [1.82, 2.24) is 15.3 Å². The Labute approximate surface area is 76.2 Å². The molecule has 0 aliphatic heterocycles. The van der Waals surface area contributed by atoms with Gasteiger partial charge in [0.25, 0.3) is 0 Å². The van der Waals surface area contributed by atoms with Crippen LogP contribution < -0.4 is 11.1 Å². The highest BCUT2D eigenvalue weighted by atomic mass is 32.1. The number of hydrogen-bond donors (Lipinski definition) is 2. The quantitative estimate of drug-likeness (QED) is 0.636. The predicted octanol–water partition coefficient (Wildman–Crippen LogP) is 0.118. The molecule has 0 fully saturated rings. The van der Waals surface area contributed by atoms with Gasteiger partial charge in [0.1, 0.15) is 5.82 Å². The first-order valence-electron chi connectivity index (χ1n) is 3.50. The highest BCUT2D eigenvalue weighted by molar-refractivity contribution is 7.80. The number of hydrogen-bond acceptors (Lipinski definition) is 3. The Morgan fingerprint density at radius 2 is 2.50 bits per heavy atom. The normalized spacial score (nSPS) is 9.42. The minimum Gasteiger partial charge on any atom is -0.376 e. The number of nitrogens with zero attached hydrogens (tertiary/aromatic N) is 2. The van der Waals surface area contributed by atoms with Crippen molar-refractivity contribution in [3.63, 3.8) is 0 Å². The van der Waals surface area contributed by atoms with Crippen LogP contribution in [0.4, 0.5) is 0 Å². The fraction of sp³-hybridized carbons (Fsp3) is 0.286. The van der Waals surface area contributed by atoms with Gasteiger partial charge in [0, 0.05) is 6.20 Å². The Morgan fingerprint density at radius 3 is 3.08 bits per heavy atom. The first-order valence-corrected chi connectivity index (χ1v) is 3.91. The molecule has 1 aromatic rings. The van der Waals surface area contributed by atoms with Crippen molar-refractivity contribution >= 4 is 17.3 Å². The number of nitrogens with two attached hydrogens (primary N) is 1. The third-order valence-electron chi connectivity index (χ3n) is 1.28. The molecule has 12 heavy (non-hydrogen) atoms. The van der Waals surface area contributed by atoms with Crippen molar-refractivity contribution in [3.05, 3.63) is 23.8 Å². The SMILES string of the molecule is Cc1nccc(CNC(N)=S)n1. The summed E-state index contributed by atoms with van der Waals surface area (Å²) in [6.07, 6.45) is 1.71. The molecule has 0 aliphatic carbocycles. The molecule has 0 saturated heterocycles. The van der Waals surface area contributed by atoms with Crippen LogP contribution in [0.5, 0.6) is 0 Å². The fourth-order valence-corrected chi connectivity index (χ4v) is 0.853. The third-order valence-corrected chi connectivity index (χ3v) is 1.42. The molecule has 1 heterocycles. The highest BCUT2D eigenvalue weighted by Crippen LogP contribution is 1.92. The van der Waals surface area contributed by atoms with Crippen LogP contribution in [0.15, 0.2) is 12.3 Å². The van der Waals surface area contributed by atoms with Crippen LogP contribution in [0, 0.1) is 6.92 Å². The van der Waals surface area contributed by atoms with Crippen LogP contribution in [0.3, 0.4) is 0 Å². The molecule has 0 unspecified atom stereocenters. The van der Waals surface area contributed by atoms with E-state index in [1.165, 1.54) is 0 Å². The molecule has 0 aromatic carbocycles. The average Bonchev–Trinajstić information content (AvgIpc) is 2.01. The smallest absolute Gasteiger partial charge is 0.163 e. The lowest BCUT2D eigenvalue weighted by Gasteiger charge is -2.02. The first kappa shape index (κ1) is 8.86. The molecule has 0 amide bonds. The summed E-state index contributed by atoms with van der Waals surface area (Å²) in [6.45, 7) is 2.39. The van der Waals surface area contributed by atoms with Gasteiger partial charge in [0.2, 0.25) is 0 Å². The molecule has 64 valence electrons. The van der Waals surface area contributed by atoms with Gasteiger partial charge >= 0.3 is 0 Å². The highest BCUT2D eigenvalue weighted by Gasteiger charge is 1.94. The lowest BCUT2D eigenvalue weighted by Crippen LogP contribution is -2.28. The second kappa shape index (κ2) is 3.96. The van der Waals surface area contributed by atoms with Crippen molar-refractivity contribution in [3.8, 4) is 0 Å². The maximum atomic E-state index is 5.26. The molecule has 5 heteroatoms. The zero-order valence-electron chi connectivity index (χ0n) is 6.74. The molecule has 4 nitrogen and oxygen atoms in total. The minimum absolute atomic E-state index is 0.284. The van der Waals surface area contributed by atoms with Gasteiger partial charge in [-0.25, -0.2) is 9.97 Å². The van der Waals surface area contributed by atoms with E-state index < -0.39 is 0 Å². The van der Waals surface area contributed by atoms with Crippen molar-refractivity contribution in [1.29, 1.82) is 0 Å². The molecular weight excluding hydrogens is 172 g/mol. The van der Waals surface area contributed by atoms with E-state index in [0.717, 1.165) is 11.5 Å². The minimum atomic E-state index is 0.284. The topological polar surface area (TPSA) is 63.8 Å². The number of aromatic nitrogens is 2. The molecular formula is C7H10N4S. The second-order valence-electron chi connectivity index (χ2n) is 2.31. The summed E-state index contributed by atoms with van der Waals surface area (Å²) < 4.78 is 0. The summed E-state index contributed by atoms with van der Waals surface area (Å²) in [7, 11) is 0. The fourth-order valence-electron chi connectivity index (χ4n) is 0.781. The van der Waals surface area contributed by atoms with Crippen LogP contribution in [0.25, 0.3) is 0 Å². The summed E-state index contributed by atoms with van der Waals surface area (Å²) in [4.78, 5) is 8.12. The summed E-state index contributed by atoms with van der Waals surface area (Å²) in [5.41, 5.74) is 6.14. The molecule has 0 atom stereocenters. The molecule has 0 saturated carbocycles. The van der Waals surface area contributed by atoms with E-state index in [1.807, 2.05) is 13.0 Å². The van der Waals surface area contributed by atoms with Crippen molar-refractivity contribution < 1.29 is 0 Å². The van der Waals surface area contributed by atoms with Gasteiger partial charge in [0.05, 0.1) is 12.2 Å². The summed E-state index contributed by atoms with van der Waals surface area (Å²) in [5, 5.41) is 3.09. The lowest BCUT2D eigenvalue weighted by atomic mass is 10.4. The maximum absolute atomic E-state index is 5.26. The van der Waals surface area contributed by atoms with Gasteiger partial charge < -0.3 is 11.1 Å². The van der Waals surface area contributed by atoms with E-state index in [0.29, 0.717) is 6.54 Å². The zero-order chi connectivity index (χ0) is 8.97. The van der Waals surface area contributed by atoms with E-state index in [9.17, 15) is 0 Å². The van der Waals surface area contributed by atoms with E-state index in [1.54, 1.807) is 6.20 Å². The van der Waals surface area contributed by atoms with Crippen LogP contribution in [-0.4, -0.2) is 15.1 Å². The van der Waals surface area contributed by atoms with Crippen LogP contribution in [0.2, 0.25) is 0 Å². The van der Waals surface area contributed by atoms with Gasteiger partial charge in [-0.3, -0.25) is 0 Å². The number of thiocarbonyl (C=S) groups is 1. The van der Waals surface area contributed by atoms with Crippen molar-refractivity contribution in [2.45, 2.75) is 13.5 Å². The molecule has 0 bridgehead atoms. The lowest BCUT2D eigenvalue weighted by molar-refractivity contribution is 0.851. The molecule has 0 radical (unpaired) electrons. The van der Waals surface area contributed by atoms with Crippen molar-refractivity contribution in [2.75, 3.05) is 0 Å². The Balaban J connectivity index is 2.57. The predicted molar refractivity (Wildman–Crippen MR) is 50.4 cm³/mol. The Hall–Kier alpha value is -1.23. The van der Waals surface area contributed by atoms with E-state index >= 15 is 0 Å². The van der Waals surface area contributed by atoms with Crippen LogP contribution in [-0.2, 0) is 6.54 Å². The van der Waals surface area contributed by atoms with Gasteiger partial charge in [-0.2, -0.15) is 0 Å². The Morgan fingerprint density at radius 1 is 1.75 bits per heavy atom. The monoisotopic (exact) mass is 182 g/mol. The summed E-state index contributed by atoms with van der Waals surface area (Å²) >= 11 is 4.65. The van der Waals surface area contributed by atoms with Gasteiger partial charge in [-0.15, -0.1) is 0 Å². The average molecular weight is 182 g/mol. The third kappa shape index (κ3) is 2.79. The van der Waals surface area contributed by atoms with E-state index in [2.05, 4.69) is 27.5 Å². The number of rotatable bonds is 2.